The van der Waals surface area contributed by atoms with Crippen LogP contribution >= 0.6 is 0 Å². The van der Waals surface area contributed by atoms with Gasteiger partial charge in [-0.25, -0.2) is 9.97 Å². The zero-order valence-corrected chi connectivity index (χ0v) is 13.1. The van der Waals surface area contributed by atoms with Gasteiger partial charge in [-0.15, -0.1) is 0 Å². The molecule has 4 rings (SSSR count). The van der Waals surface area contributed by atoms with Crippen molar-refractivity contribution in [2.75, 3.05) is 0 Å². The molecule has 2 aromatic heterocycles. The molecule has 0 N–H and O–H groups in total. The molecule has 0 spiro atoms. The van der Waals surface area contributed by atoms with Gasteiger partial charge in [0.05, 0.1) is 22.8 Å². The Labute approximate surface area is 141 Å². The van der Waals surface area contributed by atoms with Crippen molar-refractivity contribution in [1.29, 1.82) is 0 Å². The zero-order valence-electron chi connectivity index (χ0n) is 13.1. The third-order valence-corrected chi connectivity index (χ3v) is 3.90. The molecule has 2 heterocycles. The summed E-state index contributed by atoms with van der Waals surface area (Å²) in [4.78, 5) is 9.57. The van der Waals surface area contributed by atoms with E-state index < -0.39 is 0 Å². The molecule has 0 aliphatic heterocycles. The molecule has 0 aliphatic carbocycles. The van der Waals surface area contributed by atoms with Gasteiger partial charge < -0.3 is 0 Å². The zero-order chi connectivity index (χ0) is 16.2. The minimum absolute atomic E-state index is 0.883. The summed E-state index contributed by atoms with van der Waals surface area (Å²) in [6.45, 7) is 0. The first-order valence-corrected chi connectivity index (χ1v) is 7.95. The lowest BCUT2D eigenvalue weighted by atomic mass is 10.1. The highest BCUT2D eigenvalue weighted by molar-refractivity contribution is 5.67. The van der Waals surface area contributed by atoms with E-state index in [0.29, 0.717) is 0 Å². The largest absolute Gasteiger partial charge is 0.246 e. The maximum atomic E-state index is 4.79. The van der Waals surface area contributed by atoms with Gasteiger partial charge >= 0.3 is 0 Å². The summed E-state index contributed by atoms with van der Waals surface area (Å²) in [5.41, 5.74) is 5.90. The fourth-order valence-corrected chi connectivity index (χ4v) is 2.69. The smallest absolute Gasteiger partial charge is 0.0893 e. The van der Waals surface area contributed by atoms with Crippen LogP contribution in [0.25, 0.3) is 33.9 Å². The van der Waals surface area contributed by atoms with E-state index in [2.05, 4.69) is 24.3 Å². The highest BCUT2D eigenvalue weighted by Crippen LogP contribution is 2.24. The fourth-order valence-electron chi connectivity index (χ4n) is 2.69. The van der Waals surface area contributed by atoms with Crippen molar-refractivity contribution < 1.29 is 0 Å². The van der Waals surface area contributed by atoms with Crippen LogP contribution in [0.15, 0.2) is 97.1 Å². The minimum atomic E-state index is 0.883. The molecule has 2 nitrogen and oxygen atoms in total. The highest BCUT2D eigenvalue weighted by atomic mass is 14.8. The molecule has 2 aromatic carbocycles. The Balaban J connectivity index is 1.75. The molecule has 0 saturated carbocycles. The molecule has 0 atom stereocenters. The fraction of sp³-hybridized carbons (Fsp3) is 0. The predicted molar refractivity (Wildman–Crippen MR) is 98.3 cm³/mol. The number of rotatable bonds is 3. The van der Waals surface area contributed by atoms with Crippen molar-refractivity contribution in [2.24, 2.45) is 0 Å². The first kappa shape index (κ1) is 14.3. The molecule has 114 valence electrons. The van der Waals surface area contributed by atoms with Crippen molar-refractivity contribution in [3.05, 3.63) is 97.1 Å². The van der Waals surface area contributed by atoms with E-state index in [4.69, 9.17) is 9.97 Å². The highest BCUT2D eigenvalue weighted by Gasteiger charge is 2.06. The van der Waals surface area contributed by atoms with Gasteiger partial charge in [-0.2, -0.15) is 0 Å². The molecular weight excluding hydrogens is 292 g/mol. The third kappa shape index (κ3) is 2.95. The van der Waals surface area contributed by atoms with Crippen molar-refractivity contribution in [3.8, 4) is 33.9 Å². The van der Waals surface area contributed by atoms with Gasteiger partial charge in [0.1, 0.15) is 0 Å². The van der Waals surface area contributed by atoms with E-state index >= 15 is 0 Å². The molecule has 4 aromatic rings. The van der Waals surface area contributed by atoms with Crippen LogP contribution < -0.4 is 0 Å². The van der Waals surface area contributed by atoms with Crippen LogP contribution in [0.4, 0.5) is 0 Å². The quantitative estimate of drug-likeness (QED) is 0.501. The summed E-state index contributed by atoms with van der Waals surface area (Å²) in [7, 11) is 0. The second-order valence-electron chi connectivity index (χ2n) is 5.55. The topological polar surface area (TPSA) is 25.8 Å². The number of hydrogen-bond donors (Lipinski definition) is 0. The maximum absolute atomic E-state index is 4.79. The number of benzene rings is 2. The van der Waals surface area contributed by atoms with Gasteiger partial charge in [-0.3, -0.25) is 0 Å². The standard InChI is InChI=1S/C22H16N2/c1-3-9-17(10-4-1)19-13-7-15-21(23-19)22-16-8-14-20(24-22)18-11-5-2-6-12-18/h1-16H. The van der Waals surface area contributed by atoms with Crippen molar-refractivity contribution in [1.82, 2.24) is 9.97 Å². The normalized spacial score (nSPS) is 10.5. The Morgan fingerprint density at radius 1 is 0.333 bits per heavy atom. The van der Waals surface area contributed by atoms with Crippen molar-refractivity contribution in [3.63, 3.8) is 0 Å². The number of hydrogen-bond acceptors (Lipinski definition) is 2. The average molecular weight is 308 g/mol. The van der Waals surface area contributed by atoms with E-state index in [9.17, 15) is 0 Å². The van der Waals surface area contributed by atoms with Gasteiger partial charge in [0, 0.05) is 11.1 Å². The molecule has 0 saturated heterocycles. The van der Waals surface area contributed by atoms with Gasteiger partial charge in [-0.1, -0.05) is 72.8 Å². The lowest BCUT2D eigenvalue weighted by molar-refractivity contribution is 1.25. The number of nitrogens with zero attached hydrogens (tertiary/aromatic N) is 2. The monoisotopic (exact) mass is 308 g/mol. The Kier molecular flexibility index (Phi) is 3.86. The minimum Gasteiger partial charge on any atom is -0.246 e. The summed E-state index contributed by atoms with van der Waals surface area (Å²) in [5.74, 6) is 0. The average Bonchev–Trinajstić information content (AvgIpc) is 2.70. The molecular formula is C22H16N2. The summed E-state index contributed by atoms with van der Waals surface area (Å²) in [6, 6.07) is 32.5. The molecule has 0 unspecified atom stereocenters. The van der Waals surface area contributed by atoms with Crippen LogP contribution in [0.2, 0.25) is 0 Å². The molecule has 0 fully saturated rings. The van der Waals surface area contributed by atoms with Gasteiger partial charge in [0.2, 0.25) is 0 Å². The number of aromatic nitrogens is 2. The van der Waals surface area contributed by atoms with Gasteiger partial charge in [-0.05, 0) is 24.3 Å². The van der Waals surface area contributed by atoms with E-state index in [-0.39, 0.29) is 0 Å². The van der Waals surface area contributed by atoms with E-state index in [0.717, 1.165) is 33.9 Å². The van der Waals surface area contributed by atoms with Crippen LogP contribution in [-0.2, 0) is 0 Å². The second-order valence-corrected chi connectivity index (χ2v) is 5.55. The van der Waals surface area contributed by atoms with Crippen molar-refractivity contribution in [2.45, 2.75) is 0 Å². The number of pyridine rings is 2. The van der Waals surface area contributed by atoms with Crippen LogP contribution in [-0.4, -0.2) is 9.97 Å². The van der Waals surface area contributed by atoms with Crippen LogP contribution in [0, 0.1) is 0 Å². The first-order chi connectivity index (χ1) is 11.9. The predicted octanol–water partition coefficient (Wildman–Crippen LogP) is 5.48. The molecule has 0 bridgehead atoms. The lowest BCUT2D eigenvalue weighted by Crippen LogP contribution is -1.92. The Hall–Kier alpha value is -3.26. The lowest BCUT2D eigenvalue weighted by Gasteiger charge is -2.07. The summed E-state index contributed by atoms with van der Waals surface area (Å²) in [6.07, 6.45) is 0. The Morgan fingerprint density at radius 3 is 1.12 bits per heavy atom. The third-order valence-electron chi connectivity index (χ3n) is 3.90. The van der Waals surface area contributed by atoms with Gasteiger partial charge in [0.15, 0.2) is 0 Å². The van der Waals surface area contributed by atoms with Crippen molar-refractivity contribution >= 4 is 0 Å². The second kappa shape index (κ2) is 6.47. The summed E-state index contributed by atoms with van der Waals surface area (Å²) < 4.78 is 0. The SMILES string of the molecule is c1ccc(-c2cccc(-c3cccc(-c4ccccc4)n3)n2)cc1. The van der Waals surface area contributed by atoms with E-state index in [1.54, 1.807) is 0 Å². The maximum Gasteiger partial charge on any atom is 0.0893 e. The summed E-state index contributed by atoms with van der Waals surface area (Å²) in [5, 5.41) is 0. The van der Waals surface area contributed by atoms with Gasteiger partial charge in [0.25, 0.3) is 0 Å². The molecule has 0 radical (unpaired) electrons. The first-order valence-electron chi connectivity index (χ1n) is 7.95. The van der Waals surface area contributed by atoms with E-state index in [1.807, 2.05) is 72.8 Å². The van der Waals surface area contributed by atoms with E-state index in [1.165, 1.54) is 0 Å². The molecule has 0 aliphatic rings. The Bertz CT molecular complexity index is 867. The molecule has 0 amide bonds. The molecule has 2 heteroatoms. The Morgan fingerprint density at radius 2 is 0.708 bits per heavy atom. The van der Waals surface area contributed by atoms with Crippen LogP contribution in [0.5, 0.6) is 0 Å². The van der Waals surface area contributed by atoms with Crippen LogP contribution in [0.1, 0.15) is 0 Å². The summed E-state index contributed by atoms with van der Waals surface area (Å²) >= 11 is 0. The van der Waals surface area contributed by atoms with Crippen LogP contribution in [0.3, 0.4) is 0 Å². The molecule has 24 heavy (non-hydrogen) atoms.